The van der Waals surface area contributed by atoms with Gasteiger partial charge in [0.1, 0.15) is 18.3 Å². The highest BCUT2D eigenvalue weighted by molar-refractivity contribution is 7.46. The molecule has 12 heteroatoms. The first-order valence-corrected chi connectivity index (χ1v) is 9.00. The third kappa shape index (κ3) is 5.08. The summed E-state index contributed by atoms with van der Waals surface area (Å²) in [5, 5.41) is 0. The number of hydrogen-bond donors (Lipinski definition) is 3. The molecule has 1 aromatic rings. The Kier molecular flexibility index (Phi) is 6.33. The zero-order valence-electron chi connectivity index (χ0n) is 13.9. The Labute approximate surface area is 142 Å². The lowest BCUT2D eigenvalue weighted by atomic mass is 10.1. The number of phosphoric acid groups is 1. The monoisotopic (exact) mass is 380 g/mol. The van der Waals surface area contributed by atoms with Crippen LogP contribution >= 0.6 is 7.82 Å². The Morgan fingerprint density at radius 1 is 1.36 bits per heavy atom. The predicted molar refractivity (Wildman–Crippen MR) is 84.0 cm³/mol. The molecule has 0 saturated carbocycles. The van der Waals surface area contributed by atoms with Crippen LogP contribution in [0, 0.1) is 0 Å². The van der Waals surface area contributed by atoms with Gasteiger partial charge in [0.25, 0.3) is 5.56 Å². The van der Waals surface area contributed by atoms with Crippen molar-refractivity contribution < 1.29 is 33.1 Å². The molecule has 1 aliphatic heterocycles. The normalized spacial score (nSPS) is 27.1. The first-order chi connectivity index (χ1) is 11.6. The lowest BCUT2D eigenvalue weighted by Gasteiger charge is -2.25. The third-order valence-corrected chi connectivity index (χ3v) is 4.00. The summed E-state index contributed by atoms with van der Waals surface area (Å²) in [6, 6.07) is 1.15. The molecule has 142 valence electrons. The number of nitrogens with one attached hydrogen (secondary N) is 1. The SMILES string of the molecule is CO[C@H]1[C@@H](OC(C)C)[C@@H](COP(=O)(O)O)O[C@H]1n1ccc(=O)[nH]c1=O. The maximum atomic E-state index is 12.0. The molecule has 0 aromatic carbocycles. The van der Waals surface area contributed by atoms with Crippen molar-refractivity contribution in [2.45, 2.75) is 44.5 Å². The van der Waals surface area contributed by atoms with E-state index in [1.807, 2.05) is 0 Å². The van der Waals surface area contributed by atoms with E-state index in [0.717, 1.165) is 10.6 Å². The van der Waals surface area contributed by atoms with Crippen LogP contribution in [-0.2, 0) is 23.3 Å². The quantitative estimate of drug-likeness (QED) is 0.525. The largest absolute Gasteiger partial charge is 0.469 e. The number of aromatic amines is 1. The van der Waals surface area contributed by atoms with Crippen molar-refractivity contribution in [1.82, 2.24) is 9.55 Å². The predicted octanol–water partition coefficient (Wildman–Crippen LogP) is -0.648. The molecule has 0 spiro atoms. The van der Waals surface area contributed by atoms with Gasteiger partial charge in [-0.2, -0.15) is 0 Å². The molecule has 0 unspecified atom stereocenters. The number of aromatic nitrogens is 2. The number of ether oxygens (including phenoxy) is 3. The molecule has 0 bridgehead atoms. The molecule has 1 aromatic heterocycles. The average molecular weight is 380 g/mol. The van der Waals surface area contributed by atoms with Crippen LogP contribution in [0.25, 0.3) is 0 Å². The Morgan fingerprint density at radius 2 is 2.04 bits per heavy atom. The van der Waals surface area contributed by atoms with E-state index in [0.29, 0.717) is 0 Å². The molecule has 11 nitrogen and oxygen atoms in total. The van der Waals surface area contributed by atoms with Crippen molar-refractivity contribution in [3.05, 3.63) is 33.1 Å². The first kappa shape index (κ1) is 20.0. The van der Waals surface area contributed by atoms with E-state index in [1.165, 1.54) is 13.3 Å². The minimum Gasteiger partial charge on any atom is -0.374 e. The highest BCUT2D eigenvalue weighted by Crippen LogP contribution is 2.39. The van der Waals surface area contributed by atoms with E-state index < -0.39 is 50.2 Å². The summed E-state index contributed by atoms with van der Waals surface area (Å²) in [6.07, 6.45) is -2.38. The summed E-state index contributed by atoms with van der Waals surface area (Å²) in [7, 11) is -3.32. The summed E-state index contributed by atoms with van der Waals surface area (Å²) in [4.78, 5) is 43.1. The van der Waals surface area contributed by atoms with Gasteiger partial charge in [0.05, 0.1) is 12.7 Å². The van der Waals surface area contributed by atoms with Crippen LogP contribution in [0.15, 0.2) is 21.9 Å². The van der Waals surface area contributed by atoms with Crippen LogP contribution in [0.2, 0.25) is 0 Å². The van der Waals surface area contributed by atoms with Crippen molar-refractivity contribution in [2.24, 2.45) is 0 Å². The van der Waals surface area contributed by atoms with Crippen LogP contribution in [0.5, 0.6) is 0 Å². The zero-order valence-corrected chi connectivity index (χ0v) is 14.8. The van der Waals surface area contributed by atoms with Crippen LogP contribution in [-0.4, -0.2) is 57.5 Å². The second-order valence-corrected chi connectivity index (χ2v) is 6.96. The van der Waals surface area contributed by atoms with Crippen LogP contribution in [0.1, 0.15) is 20.1 Å². The van der Waals surface area contributed by atoms with Gasteiger partial charge in [0.15, 0.2) is 6.23 Å². The first-order valence-electron chi connectivity index (χ1n) is 7.47. The van der Waals surface area contributed by atoms with E-state index in [9.17, 15) is 14.2 Å². The molecule has 1 aliphatic rings. The van der Waals surface area contributed by atoms with Crippen LogP contribution < -0.4 is 11.2 Å². The van der Waals surface area contributed by atoms with Gasteiger partial charge in [-0.05, 0) is 13.8 Å². The van der Waals surface area contributed by atoms with E-state index in [2.05, 4.69) is 9.51 Å². The number of methoxy groups -OCH3 is 1. The minimum absolute atomic E-state index is 0.241. The highest BCUT2D eigenvalue weighted by atomic mass is 31.2. The number of H-pyrrole nitrogens is 1. The summed E-state index contributed by atoms with van der Waals surface area (Å²) < 4.78 is 33.4. The third-order valence-electron chi connectivity index (χ3n) is 3.52. The molecule has 0 aliphatic carbocycles. The van der Waals surface area contributed by atoms with Gasteiger partial charge in [0, 0.05) is 19.4 Å². The second kappa shape index (κ2) is 7.92. The maximum absolute atomic E-state index is 12.0. The van der Waals surface area contributed by atoms with Gasteiger partial charge in [-0.15, -0.1) is 0 Å². The molecule has 1 saturated heterocycles. The Morgan fingerprint density at radius 3 is 2.56 bits per heavy atom. The van der Waals surface area contributed by atoms with Crippen LogP contribution in [0.3, 0.4) is 0 Å². The highest BCUT2D eigenvalue weighted by Gasteiger charge is 2.48. The van der Waals surface area contributed by atoms with Gasteiger partial charge in [-0.1, -0.05) is 0 Å². The van der Waals surface area contributed by atoms with Gasteiger partial charge in [-0.25, -0.2) is 9.36 Å². The molecular formula is C13H21N2O9P. The van der Waals surface area contributed by atoms with Crippen LogP contribution in [0.4, 0.5) is 0 Å². The van der Waals surface area contributed by atoms with Gasteiger partial charge >= 0.3 is 13.5 Å². The molecule has 3 N–H and O–H groups in total. The summed E-state index contributed by atoms with van der Waals surface area (Å²) in [5.74, 6) is 0. The molecule has 25 heavy (non-hydrogen) atoms. The lowest BCUT2D eigenvalue weighted by Crippen LogP contribution is -2.41. The van der Waals surface area contributed by atoms with Crippen molar-refractivity contribution in [3.8, 4) is 0 Å². The number of nitrogens with zero attached hydrogens (tertiary/aromatic N) is 1. The van der Waals surface area contributed by atoms with Gasteiger partial charge in [0.2, 0.25) is 0 Å². The maximum Gasteiger partial charge on any atom is 0.469 e. The Hall–Kier alpha value is -1.33. The number of hydrogen-bond acceptors (Lipinski definition) is 7. The fraction of sp³-hybridized carbons (Fsp3) is 0.692. The van der Waals surface area contributed by atoms with Gasteiger partial charge in [-0.3, -0.25) is 18.9 Å². The average Bonchev–Trinajstić information content (AvgIpc) is 2.81. The Balaban J connectivity index is 2.32. The molecule has 0 radical (unpaired) electrons. The smallest absolute Gasteiger partial charge is 0.374 e. The molecule has 2 rings (SSSR count). The molecule has 1 fully saturated rings. The molecule has 2 heterocycles. The molecule has 4 atom stereocenters. The van der Waals surface area contributed by atoms with Crippen molar-refractivity contribution >= 4 is 7.82 Å². The Bertz CT molecular complexity index is 740. The lowest BCUT2D eigenvalue weighted by molar-refractivity contribution is -0.0840. The number of rotatable bonds is 7. The van der Waals surface area contributed by atoms with Gasteiger partial charge < -0.3 is 24.0 Å². The number of phosphoric ester groups is 1. The summed E-state index contributed by atoms with van der Waals surface area (Å²) in [6.45, 7) is 3.08. The fourth-order valence-corrected chi connectivity index (χ4v) is 2.93. The van der Waals surface area contributed by atoms with E-state index in [4.69, 9.17) is 24.0 Å². The topological polar surface area (TPSA) is 149 Å². The molecular weight excluding hydrogens is 359 g/mol. The standard InChI is InChI=1S/C13H21N2O9P/c1-7(2)23-10-8(6-22-25(18,19)20)24-12(11(10)21-3)15-5-4-9(16)14-13(15)17/h4-5,7-8,10-12H,6H2,1-3H3,(H,14,16,17)(H2,18,19,20)/t8-,10+,11+,12-/m1/s1. The van der Waals surface area contributed by atoms with Crippen molar-refractivity contribution in [2.75, 3.05) is 13.7 Å². The minimum atomic E-state index is -4.71. The fourth-order valence-electron chi connectivity index (χ4n) is 2.59. The summed E-state index contributed by atoms with van der Waals surface area (Å²) >= 11 is 0. The van der Waals surface area contributed by atoms with Crippen molar-refractivity contribution in [1.29, 1.82) is 0 Å². The molecule has 0 amide bonds. The van der Waals surface area contributed by atoms with E-state index in [1.54, 1.807) is 13.8 Å². The van der Waals surface area contributed by atoms with E-state index in [-0.39, 0.29) is 6.10 Å². The van der Waals surface area contributed by atoms with E-state index >= 15 is 0 Å². The zero-order chi connectivity index (χ0) is 18.8. The van der Waals surface area contributed by atoms with Crippen molar-refractivity contribution in [3.63, 3.8) is 0 Å². The second-order valence-electron chi connectivity index (χ2n) is 5.72. The summed E-state index contributed by atoms with van der Waals surface area (Å²) in [5.41, 5.74) is -1.27.